The number of aryl methyl sites for hydroxylation is 1. The van der Waals surface area contributed by atoms with E-state index in [1.54, 1.807) is 19.9 Å². The van der Waals surface area contributed by atoms with E-state index in [4.69, 9.17) is 9.47 Å². The lowest BCUT2D eigenvalue weighted by molar-refractivity contribution is -0.123. The number of ketones is 1. The Kier molecular flexibility index (Phi) is 7.73. The molecule has 9 nitrogen and oxygen atoms in total. The first-order valence-electron chi connectivity index (χ1n) is 13.1. The molecule has 10 heteroatoms. The van der Waals surface area contributed by atoms with Gasteiger partial charge in [0.1, 0.15) is 18.0 Å². The van der Waals surface area contributed by atoms with Crippen molar-refractivity contribution in [2.45, 2.75) is 45.3 Å². The zero-order valence-electron chi connectivity index (χ0n) is 21.7. The minimum absolute atomic E-state index is 0.0980. The molecule has 2 aromatic rings. The number of benzene rings is 1. The van der Waals surface area contributed by atoms with E-state index in [0.29, 0.717) is 45.8 Å². The maximum atomic E-state index is 13.8. The molecule has 0 radical (unpaired) electrons. The second-order valence-corrected chi connectivity index (χ2v) is 10.1. The third-order valence-electron chi connectivity index (χ3n) is 7.48. The van der Waals surface area contributed by atoms with Crippen LogP contribution >= 0.6 is 0 Å². The molecule has 1 aromatic carbocycles. The number of Topliss-reactive ketones (excluding diaryl/α,β-unsaturated/α-hetero) is 1. The summed E-state index contributed by atoms with van der Waals surface area (Å²) in [6, 6.07) is 3.42. The number of hydrogen-bond acceptors (Lipinski definition) is 6. The van der Waals surface area contributed by atoms with Gasteiger partial charge in [0, 0.05) is 35.7 Å². The summed E-state index contributed by atoms with van der Waals surface area (Å²) in [5.74, 6) is -1.25. The summed E-state index contributed by atoms with van der Waals surface area (Å²) in [6.45, 7) is 8.11. The van der Waals surface area contributed by atoms with Crippen LogP contribution in [0.4, 0.5) is 10.1 Å². The lowest BCUT2D eigenvalue weighted by Gasteiger charge is -2.26. The van der Waals surface area contributed by atoms with E-state index in [1.165, 1.54) is 18.2 Å². The first kappa shape index (κ1) is 26.3. The number of nitrogens with zero attached hydrogens (tertiary/aromatic N) is 1. The summed E-state index contributed by atoms with van der Waals surface area (Å²) in [7, 11) is 0. The molecule has 2 fully saturated rings. The van der Waals surface area contributed by atoms with Gasteiger partial charge in [-0.15, -0.1) is 0 Å². The summed E-state index contributed by atoms with van der Waals surface area (Å²) in [5.41, 5.74) is 3.55. The van der Waals surface area contributed by atoms with Gasteiger partial charge in [0.05, 0.1) is 31.0 Å². The van der Waals surface area contributed by atoms with Crippen molar-refractivity contribution in [2.24, 2.45) is 0 Å². The van der Waals surface area contributed by atoms with E-state index in [-0.39, 0.29) is 24.2 Å². The van der Waals surface area contributed by atoms with Gasteiger partial charge in [0.25, 0.3) is 11.8 Å². The second kappa shape index (κ2) is 11.2. The smallest absolute Gasteiger partial charge is 0.256 e. The third kappa shape index (κ3) is 5.43. The number of H-pyrrole nitrogens is 1. The Morgan fingerprint density at radius 3 is 2.79 bits per heavy atom. The molecule has 0 spiro atoms. The number of ether oxygens (including phenoxy) is 2. The molecule has 4 heterocycles. The maximum Gasteiger partial charge on any atom is 0.256 e. The van der Waals surface area contributed by atoms with E-state index >= 15 is 0 Å². The number of aromatic amines is 1. The van der Waals surface area contributed by atoms with Gasteiger partial charge in [-0.25, -0.2) is 4.39 Å². The van der Waals surface area contributed by atoms with Crippen LogP contribution in [0.25, 0.3) is 11.6 Å². The molecule has 5 rings (SSSR count). The minimum atomic E-state index is -0.697. The second-order valence-electron chi connectivity index (χ2n) is 10.1. The number of nitrogens with one attached hydrogen (secondary N) is 3. The summed E-state index contributed by atoms with van der Waals surface area (Å²) < 4.78 is 24.9. The molecule has 2 amide bonds. The fourth-order valence-electron chi connectivity index (χ4n) is 5.37. The molecule has 1 aromatic heterocycles. The first-order chi connectivity index (χ1) is 18.3. The average molecular weight is 525 g/mol. The molecule has 0 bridgehead atoms. The Morgan fingerprint density at radius 1 is 1.21 bits per heavy atom. The van der Waals surface area contributed by atoms with E-state index < -0.39 is 18.0 Å². The summed E-state index contributed by atoms with van der Waals surface area (Å²) in [5, 5.41) is 5.56. The van der Waals surface area contributed by atoms with Crippen LogP contribution in [-0.4, -0.2) is 79.1 Å². The number of unbranched alkanes of at least 4 members (excludes halogenated alkanes) is 1. The summed E-state index contributed by atoms with van der Waals surface area (Å²) in [6.07, 6.45) is 3.62. The van der Waals surface area contributed by atoms with Crippen LogP contribution in [0.1, 0.15) is 52.1 Å². The lowest BCUT2D eigenvalue weighted by atomic mass is 10.0. The van der Waals surface area contributed by atoms with Crippen molar-refractivity contribution < 1.29 is 28.2 Å². The number of anilines is 1. The molecule has 2 saturated heterocycles. The first-order valence-corrected chi connectivity index (χ1v) is 13.1. The van der Waals surface area contributed by atoms with Gasteiger partial charge in [-0.1, -0.05) is 0 Å². The van der Waals surface area contributed by atoms with Gasteiger partial charge in [-0.3, -0.25) is 19.3 Å². The molecule has 1 unspecified atom stereocenters. The largest absolute Gasteiger partial charge is 0.379 e. The molecular weight excluding hydrogens is 491 g/mol. The normalized spacial score (nSPS) is 22.7. The van der Waals surface area contributed by atoms with Crippen LogP contribution < -0.4 is 10.6 Å². The molecule has 0 aliphatic carbocycles. The predicted molar refractivity (Wildman–Crippen MR) is 140 cm³/mol. The van der Waals surface area contributed by atoms with E-state index in [0.717, 1.165) is 45.7 Å². The van der Waals surface area contributed by atoms with Crippen molar-refractivity contribution in [3.63, 3.8) is 0 Å². The molecule has 3 aliphatic rings. The fourth-order valence-corrected chi connectivity index (χ4v) is 5.37. The molecule has 0 saturated carbocycles. The third-order valence-corrected chi connectivity index (χ3v) is 7.48. The van der Waals surface area contributed by atoms with Gasteiger partial charge >= 0.3 is 0 Å². The highest BCUT2D eigenvalue weighted by Crippen LogP contribution is 2.34. The summed E-state index contributed by atoms with van der Waals surface area (Å²) in [4.78, 5) is 44.1. The lowest BCUT2D eigenvalue weighted by Crippen LogP contribution is -2.41. The Morgan fingerprint density at radius 2 is 2.00 bits per heavy atom. The van der Waals surface area contributed by atoms with Gasteiger partial charge in [-0.05, 0) is 69.5 Å². The van der Waals surface area contributed by atoms with Gasteiger partial charge in [0.15, 0.2) is 5.78 Å². The Bertz CT molecular complexity index is 1280. The van der Waals surface area contributed by atoms with E-state index in [2.05, 4.69) is 20.5 Å². The Labute approximate surface area is 220 Å². The number of aromatic nitrogens is 1. The number of hydrogen-bond donors (Lipinski definition) is 3. The minimum Gasteiger partial charge on any atom is -0.379 e. The molecule has 3 aliphatic heterocycles. The maximum absolute atomic E-state index is 13.8. The highest BCUT2D eigenvalue weighted by molar-refractivity contribution is 6.34. The molecule has 2 atom stereocenters. The quantitative estimate of drug-likeness (QED) is 0.362. The van der Waals surface area contributed by atoms with Crippen LogP contribution in [0.2, 0.25) is 0 Å². The number of halogens is 1. The van der Waals surface area contributed by atoms with Crippen LogP contribution in [0.15, 0.2) is 18.2 Å². The Balaban J connectivity index is 1.20. The van der Waals surface area contributed by atoms with Crippen molar-refractivity contribution in [3.8, 4) is 0 Å². The van der Waals surface area contributed by atoms with Crippen LogP contribution in [0, 0.1) is 19.7 Å². The van der Waals surface area contributed by atoms with E-state index in [1.807, 2.05) is 0 Å². The van der Waals surface area contributed by atoms with Crippen molar-refractivity contribution in [1.82, 2.24) is 15.2 Å². The molecule has 202 valence electrons. The molecule has 38 heavy (non-hydrogen) atoms. The summed E-state index contributed by atoms with van der Waals surface area (Å²) >= 11 is 0. The van der Waals surface area contributed by atoms with Crippen molar-refractivity contribution in [3.05, 3.63) is 52.1 Å². The molecule has 3 N–H and O–H groups in total. The van der Waals surface area contributed by atoms with Gasteiger partial charge < -0.3 is 25.1 Å². The van der Waals surface area contributed by atoms with Crippen LogP contribution in [0.5, 0.6) is 0 Å². The number of carbonyl (C=O) groups excluding carboxylic acids is 3. The zero-order chi connectivity index (χ0) is 26.8. The number of fused-ring (bicyclic) bond motifs is 1. The zero-order valence-corrected chi connectivity index (χ0v) is 21.7. The predicted octanol–water partition coefficient (Wildman–Crippen LogP) is 2.83. The van der Waals surface area contributed by atoms with Crippen molar-refractivity contribution in [1.29, 1.82) is 0 Å². The number of amides is 2. The topological polar surface area (TPSA) is 113 Å². The van der Waals surface area contributed by atoms with E-state index in [9.17, 15) is 18.8 Å². The van der Waals surface area contributed by atoms with Crippen LogP contribution in [-0.2, 0) is 19.1 Å². The monoisotopic (exact) mass is 524 g/mol. The fraction of sp³-hybridized carbons (Fsp3) is 0.464. The number of morpholine rings is 1. The van der Waals surface area contributed by atoms with Gasteiger partial charge in [-0.2, -0.15) is 0 Å². The van der Waals surface area contributed by atoms with Crippen molar-refractivity contribution in [2.75, 3.05) is 44.8 Å². The highest BCUT2D eigenvalue weighted by Gasteiger charge is 2.36. The van der Waals surface area contributed by atoms with Gasteiger partial charge in [0.2, 0.25) is 0 Å². The Hall–Kier alpha value is -3.34. The number of carbonyl (C=O) groups is 3. The standard InChI is InChI=1S/C28H33FN4O5/c1-16-22(14-20-19-13-18(29)6-7-21(19)31-27(20)35)30-17(2)25(16)28(36)32-23-15-38-24(26(23)34)5-3-4-8-33-9-11-37-12-10-33/h6-7,13-14,23-24,30H,3-5,8-12,15H2,1-2H3,(H,31,35)(H,32,36)/b20-14-/t23-,24?/m1/s1. The average Bonchev–Trinajstić information content (AvgIpc) is 3.50. The number of rotatable bonds is 8. The van der Waals surface area contributed by atoms with Crippen LogP contribution in [0.3, 0.4) is 0 Å². The van der Waals surface area contributed by atoms with Crippen molar-refractivity contribution >= 4 is 34.9 Å². The molecular formula is C28H33FN4O5. The SMILES string of the molecule is Cc1[nH]c(/C=C2\C(=O)Nc3ccc(F)cc32)c(C)c1C(=O)N[C@@H]1COC(CCCCN2CCOCC2)C1=O. The highest BCUT2D eigenvalue weighted by atomic mass is 19.1.